The van der Waals surface area contributed by atoms with Crippen LogP contribution in [0.1, 0.15) is 18.1 Å². The summed E-state index contributed by atoms with van der Waals surface area (Å²) in [5.41, 5.74) is 6.60. The molecular formula is C16H22FN3O. The van der Waals surface area contributed by atoms with Gasteiger partial charge in [-0.05, 0) is 24.7 Å². The smallest absolute Gasteiger partial charge is 0.223 e. The molecular weight excluding hydrogens is 269 g/mol. The first kappa shape index (κ1) is 17.2. The van der Waals surface area contributed by atoms with Crippen LogP contribution in [0.25, 0.3) is 0 Å². The van der Waals surface area contributed by atoms with Crippen LogP contribution in [0.15, 0.2) is 18.2 Å². The van der Waals surface area contributed by atoms with Gasteiger partial charge < -0.3 is 16.0 Å². The number of benzene rings is 1. The summed E-state index contributed by atoms with van der Waals surface area (Å²) in [7, 11) is 3.55. The van der Waals surface area contributed by atoms with Crippen molar-refractivity contribution in [1.82, 2.24) is 10.2 Å². The number of carbonyl (C=O) groups is 1. The van der Waals surface area contributed by atoms with Crippen LogP contribution in [0.5, 0.6) is 0 Å². The summed E-state index contributed by atoms with van der Waals surface area (Å²) in [5.74, 6) is 4.94. The maximum Gasteiger partial charge on any atom is 0.223 e. The van der Waals surface area contributed by atoms with E-state index in [-0.39, 0.29) is 24.2 Å². The maximum atomic E-state index is 13.6. The van der Waals surface area contributed by atoms with E-state index in [1.165, 1.54) is 6.07 Å². The standard InChI is InChI=1S/C16H22FN3O/c1-12(16(21)19-2)10-20(3)11-13-6-7-15(17)14(9-13)5-4-8-18/h6-7,9,12H,8,10-11,18H2,1-3H3,(H,19,21). The molecule has 0 fully saturated rings. The SMILES string of the molecule is CNC(=O)C(C)CN(C)Cc1ccc(F)c(C#CCN)c1. The van der Waals surface area contributed by atoms with Gasteiger partial charge in [-0.2, -0.15) is 0 Å². The van der Waals surface area contributed by atoms with Crippen LogP contribution in [0, 0.1) is 23.6 Å². The third kappa shape index (κ3) is 5.54. The molecule has 1 amide bonds. The van der Waals surface area contributed by atoms with E-state index in [0.717, 1.165) is 5.56 Å². The molecule has 0 spiro atoms. The Morgan fingerprint density at radius 3 is 2.86 bits per heavy atom. The van der Waals surface area contributed by atoms with E-state index in [9.17, 15) is 9.18 Å². The lowest BCUT2D eigenvalue weighted by Crippen LogP contribution is -2.34. The molecule has 0 heterocycles. The predicted molar refractivity (Wildman–Crippen MR) is 81.9 cm³/mol. The molecule has 1 rings (SSSR count). The van der Waals surface area contributed by atoms with E-state index < -0.39 is 0 Å². The maximum absolute atomic E-state index is 13.6. The summed E-state index contributed by atoms with van der Waals surface area (Å²) in [6, 6.07) is 4.86. The Morgan fingerprint density at radius 1 is 1.52 bits per heavy atom. The Bertz CT molecular complexity index is 548. The zero-order valence-corrected chi connectivity index (χ0v) is 12.7. The van der Waals surface area contributed by atoms with Gasteiger partial charge in [0.2, 0.25) is 5.91 Å². The fraction of sp³-hybridized carbons (Fsp3) is 0.438. The van der Waals surface area contributed by atoms with Crippen LogP contribution in [-0.2, 0) is 11.3 Å². The van der Waals surface area contributed by atoms with Crippen LogP contribution >= 0.6 is 0 Å². The molecule has 1 aromatic carbocycles. The van der Waals surface area contributed by atoms with Gasteiger partial charge in [-0.25, -0.2) is 4.39 Å². The van der Waals surface area contributed by atoms with Crippen molar-refractivity contribution in [2.75, 3.05) is 27.2 Å². The van der Waals surface area contributed by atoms with Crippen molar-refractivity contribution in [2.45, 2.75) is 13.5 Å². The van der Waals surface area contributed by atoms with Gasteiger partial charge in [-0.3, -0.25) is 4.79 Å². The topological polar surface area (TPSA) is 58.4 Å². The van der Waals surface area contributed by atoms with Crippen LogP contribution in [0.4, 0.5) is 4.39 Å². The Balaban J connectivity index is 2.72. The number of nitrogens with two attached hydrogens (primary N) is 1. The van der Waals surface area contributed by atoms with Gasteiger partial charge in [-0.15, -0.1) is 0 Å². The number of nitrogens with one attached hydrogen (secondary N) is 1. The Labute approximate surface area is 125 Å². The highest BCUT2D eigenvalue weighted by Gasteiger charge is 2.14. The van der Waals surface area contributed by atoms with E-state index in [0.29, 0.717) is 18.7 Å². The largest absolute Gasteiger partial charge is 0.359 e. The first-order valence-corrected chi connectivity index (χ1v) is 6.85. The normalized spacial score (nSPS) is 11.7. The molecule has 3 N–H and O–H groups in total. The Morgan fingerprint density at radius 2 is 2.24 bits per heavy atom. The summed E-state index contributed by atoms with van der Waals surface area (Å²) >= 11 is 0. The van der Waals surface area contributed by atoms with E-state index in [4.69, 9.17) is 5.73 Å². The monoisotopic (exact) mass is 291 g/mol. The van der Waals surface area contributed by atoms with E-state index >= 15 is 0 Å². The quantitative estimate of drug-likeness (QED) is 0.794. The second kappa shape index (κ2) is 8.40. The van der Waals surface area contributed by atoms with Crippen molar-refractivity contribution in [3.05, 3.63) is 35.1 Å². The van der Waals surface area contributed by atoms with Gasteiger partial charge in [0.05, 0.1) is 12.1 Å². The van der Waals surface area contributed by atoms with Gasteiger partial charge in [0.1, 0.15) is 5.82 Å². The van der Waals surface area contributed by atoms with Crippen molar-refractivity contribution in [3.8, 4) is 11.8 Å². The van der Waals surface area contributed by atoms with Crippen LogP contribution in [-0.4, -0.2) is 38.0 Å². The number of hydrogen-bond acceptors (Lipinski definition) is 3. The first-order chi connectivity index (χ1) is 9.97. The Kier molecular flexibility index (Phi) is 6.86. The highest BCUT2D eigenvalue weighted by Crippen LogP contribution is 2.12. The summed E-state index contributed by atoms with van der Waals surface area (Å²) in [5, 5.41) is 2.63. The summed E-state index contributed by atoms with van der Waals surface area (Å²) in [6.45, 7) is 3.32. The van der Waals surface area contributed by atoms with Crippen molar-refractivity contribution < 1.29 is 9.18 Å². The number of hydrogen-bond donors (Lipinski definition) is 2. The zero-order valence-electron chi connectivity index (χ0n) is 12.7. The minimum absolute atomic E-state index is 0.00968. The second-order valence-electron chi connectivity index (χ2n) is 5.03. The van der Waals surface area contributed by atoms with Gasteiger partial charge >= 0.3 is 0 Å². The van der Waals surface area contributed by atoms with E-state index in [1.807, 2.05) is 18.9 Å². The zero-order chi connectivity index (χ0) is 15.8. The highest BCUT2D eigenvalue weighted by atomic mass is 19.1. The summed E-state index contributed by atoms with van der Waals surface area (Å²) < 4.78 is 13.6. The van der Waals surface area contributed by atoms with Gasteiger partial charge in [-0.1, -0.05) is 24.8 Å². The molecule has 0 aliphatic rings. The number of amides is 1. The minimum Gasteiger partial charge on any atom is -0.359 e. The molecule has 1 aromatic rings. The van der Waals surface area contributed by atoms with Crippen molar-refractivity contribution in [2.24, 2.45) is 11.7 Å². The molecule has 0 aliphatic carbocycles. The molecule has 114 valence electrons. The molecule has 1 atom stereocenters. The molecule has 21 heavy (non-hydrogen) atoms. The fourth-order valence-corrected chi connectivity index (χ4v) is 2.09. The molecule has 0 saturated heterocycles. The molecule has 1 unspecified atom stereocenters. The molecule has 0 aromatic heterocycles. The summed E-state index contributed by atoms with van der Waals surface area (Å²) in [4.78, 5) is 13.5. The minimum atomic E-state index is -0.346. The van der Waals surface area contributed by atoms with Crippen molar-refractivity contribution >= 4 is 5.91 Å². The lowest BCUT2D eigenvalue weighted by molar-refractivity contribution is -0.124. The predicted octanol–water partition coefficient (Wildman–Crippen LogP) is 0.950. The molecule has 4 nitrogen and oxygen atoms in total. The molecule has 5 heteroatoms. The number of carbonyl (C=O) groups excluding carboxylic acids is 1. The average Bonchev–Trinajstić information content (AvgIpc) is 2.46. The van der Waals surface area contributed by atoms with Crippen LogP contribution in [0.3, 0.4) is 0 Å². The van der Waals surface area contributed by atoms with Crippen LogP contribution < -0.4 is 11.1 Å². The first-order valence-electron chi connectivity index (χ1n) is 6.85. The van der Waals surface area contributed by atoms with Crippen LogP contribution in [0.2, 0.25) is 0 Å². The number of halogens is 1. The number of nitrogens with zero attached hydrogens (tertiary/aromatic N) is 1. The van der Waals surface area contributed by atoms with E-state index in [2.05, 4.69) is 17.2 Å². The van der Waals surface area contributed by atoms with Crippen molar-refractivity contribution in [1.29, 1.82) is 0 Å². The Hall–Kier alpha value is -1.90. The highest BCUT2D eigenvalue weighted by molar-refractivity contribution is 5.78. The molecule has 0 bridgehead atoms. The second-order valence-corrected chi connectivity index (χ2v) is 5.03. The lowest BCUT2D eigenvalue weighted by Gasteiger charge is -2.20. The van der Waals surface area contributed by atoms with Gasteiger partial charge in [0.25, 0.3) is 0 Å². The van der Waals surface area contributed by atoms with Gasteiger partial charge in [0, 0.05) is 26.1 Å². The third-order valence-electron chi connectivity index (χ3n) is 3.09. The molecule has 0 aliphatic heterocycles. The fourth-order valence-electron chi connectivity index (χ4n) is 2.09. The lowest BCUT2D eigenvalue weighted by atomic mass is 10.1. The van der Waals surface area contributed by atoms with Crippen molar-refractivity contribution in [3.63, 3.8) is 0 Å². The molecule has 0 saturated carbocycles. The number of rotatable bonds is 5. The summed E-state index contributed by atoms with van der Waals surface area (Å²) in [6.07, 6.45) is 0. The van der Waals surface area contributed by atoms with Gasteiger partial charge in [0.15, 0.2) is 0 Å². The average molecular weight is 291 g/mol. The third-order valence-corrected chi connectivity index (χ3v) is 3.09. The molecule has 0 radical (unpaired) electrons. The van der Waals surface area contributed by atoms with E-state index in [1.54, 1.807) is 19.2 Å².